The number of ether oxygens (including phenoxy) is 1. The van der Waals surface area contributed by atoms with E-state index in [0.29, 0.717) is 31.1 Å². The molecule has 6 heteroatoms. The summed E-state index contributed by atoms with van der Waals surface area (Å²) in [6, 6.07) is 15.1. The average Bonchev–Trinajstić information content (AvgIpc) is 3.12. The minimum atomic E-state index is -0.0758. The Kier molecular flexibility index (Phi) is 6.07. The summed E-state index contributed by atoms with van der Waals surface area (Å²) in [7, 11) is 0. The Morgan fingerprint density at radius 1 is 1.15 bits per heavy atom. The molecule has 5 nitrogen and oxygen atoms in total. The predicted molar refractivity (Wildman–Crippen MR) is 104 cm³/mol. The SMILES string of the molecule is CCOc1ccc(-c2cnc(CCC(=O)Nc3ccc(Br)cc3)o2)cc1. The highest BCUT2D eigenvalue weighted by molar-refractivity contribution is 9.10. The van der Waals surface area contributed by atoms with Crippen LogP contribution in [0, 0.1) is 0 Å². The van der Waals surface area contributed by atoms with Crippen molar-refractivity contribution >= 4 is 27.5 Å². The van der Waals surface area contributed by atoms with Gasteiger partial charge in [-0.05, 0) is 55.5 Å². The molecule has 2 aromatic carbocycles. The third-order valence-corrected chi connectivity index (χ3v) is 4.23. The summed E-state index contributed by atoms with van der Waals surface area (Å²) < 4.78 is 12.1. The molecule has 0 bridgehead atoms. The molecular weight excluding hydrogens is 396 g/mol. The highest BCUT2D eigenvalue weighted by atomic mass is 79.9. The van der Waals surface area contributed by atoms with Crippen molar-refractivity contribution in [2.45, 2.75) is 19.8 Å². The number of oxazole rings is 1. The smallest absolute Gasteiger partial charge is 0.224 e. The fourth-order valence-electron chi connectivity index (χ4n) is 2.42. The van der Waals surface area contributed by atoms with Crippen LogP contribution < -0.4 is 10.1 Å². The van der Waals surface area contributed by atoms with E-state index in [0.717, 1.165) is 21.5 Å². The lowest BCUT2D eigenvalue weighted by molar-refractivity contribution is -0.116. The third kappa shape index (κ3) is 4.95. The summed E-state index contributed by atoms with van der Waals surface area (Å²) >= 11 is 3.37. The Morgan fingerprint density at radius 3 is 2.58 bits per heavy atom. The third-order valence-electron chi connectivity index (χ3n) is 3.70. The lowest BCUT2D eigenvalue weighted by Gasteiger charge is -2.04. The molecule has 0 radical (unpaired) electrons. The highest BCUT2D eigenvalue weighted by Crippen LogP contribution is 2.23. The standard InChI is InChI=1S/C20H19BrN2O3/c1-2-25-17-9-3-14(4-10-17)18-13-22-20(26-18)12-11-19(24)23-16-7-5-15(21)6-8-16/h3-10,13H,2,11-12H2,1H3,(H,23,24). The number of halogens is 1. The molecule has 134 valence electrons. The van der Waals surface area contributed by atoms with Crippen LogP contribution in [0.1, 0.15) is 19.2 Å². The number of hydrogen-bond donors (Lipinski definition) is 1. The number of nitrogens with zero attached hydrogens (tertiary/aromatic N) is 1. The molecule has 0 aliphatic rings. The van der Waals surface area contributed by atoms with E-state index in [2.05, 4.69) is 26.2 Å². The Bertz CT molecular complexity index is 858. The molecule has 0 atom stereocenters. The second-order valence-corrected chi connectivity index (χ2v) is 6.55. The number of hydrogen-bond acceptors (Lipinski definition) is 4. The molecule has 0 saturated heterocycles. The van der Waals surface area contributed by atoms with Crippen molar-refractivity contribution in [1.82, 2.24) is 4.98 Å². The van der Waals surface area contributed by atoms with Gasteiger partial charge in [0.15, 0.2) is 11.7 Å². The van der Waals surface area contributed by atoms with Gasteiger partial charge in [0.05, 0.1) is 12.8 Å². The van der Waals surface area contributed by atoms with Crippen LogP contribution in [0.25, 0.3) is 11.3 Å². The number of carbonyl (C=O) groups excluding carboxylic acids is 1. The van der Waals surface area contributed by atoms with Gasteiger partial charge in [-0.1, -0.05) is 15.9 Å². The molecule has 0 unspecified atom stereocenters. The van der Waals surface area contributed by atoms with Crippen molar-refractivity contribution in [3.05, 3.63) is 65.1 Å². The fraction of sp³-hybridized carbons (Fsp3) is 0.200. The molecule has 0 fully saturated rings. The van der Waals surface area contributed by atoms with E-state index in [-0.39, 0.29) is 5.91 Å². The molecule has 0 spiro atoms. The van der Waals surface area contributed by atoms with Gasteiger partial charge in [0.1, 0.15) is 5.75 Å². The van der Waals surface area contributed by atoms with Gasteiger partial charge in [-0.25, -0.2) is 4.98 Å². The first-order chi connectivity index (χ1) is 12.6. The van der Waals surface area contributed by atoms with Crippen molar-refractivity contribution in [3.8, 4) is 17.1 Å². The molecule has 1 amide bonds. The number of rotatable bonds is 7. The second kappa shape index (κ2) is 8.67. The number of aryl methyl sites for hydroxylation is 1. The minimum Gasteiger partial charge on any atom is -0.494 e. The van der Waals surface area contributed by atoms with Gasteiger partial charge in [-0.15, -0.1) is 0 Å². The van der Waals surface area contributed by atoms with Crippen LogP contribution in [-0.2, 0) is 11.2 Å². The summed E-state index contributed by atoms with van der Waals surface area (Å²) in [5.74, 6) is 1.96. The Morgan fingerprint density at radius 2 is 1.88 bits per heavy atom. The highest BCUT2D eigenvalue weighted by Gasteiger charge is 2.09. The van der Waals surface area contributed by atoms with Gasteiger partial charge in [0.25, 0.3) is 0 Å². The van der Waals surface area contributed by atoms with Crippen LogP contribution in [0.3, 0.4) is 0 Å². The van der Waals surface area contributed by atoms with Crippen molar-refractivity contribution in [2.24, 2.45) is 0 Å². The van der Waals surface area contributed by atoms with Crippen molar-refractivity contribution in [1.29, 1.82) is 0 Å². The van der Waals surface area contributed by atoms with Crippen molar-refractivity contribution in [2.75, 3.05) is 11.9 Å². The Hall–Kier alpha value is -2.60. The van der Waals surface area contributed by atoms with E-state index in [1.165, 1.54) is 0 Å². The number of amides is 1. The maximum Gasteiger partial charge on any atom is 0.224 e. The zero-order chi connectivity index (χ0) is 18.4. The molecule has 1 aromatic heterocycles. The van der Waals surface area contributed by atoms with Crippen LogP contribution in [-0.4, -0.2) is 17.5 Å². The zero-order valence-corrected chi connectivity index (χ0v) is 16.0. The maximum atomic E-state index is 12.0. The van der Waals surface area contributed by atoms with Crippen LogP contribution in [0.2, 0.25) is 0 Å². The van der Waals surface area contributed by atoms with E-state index in [1.807, 2.05) is 55.5 Å². The average molecular weight is 415 g/mol. The summed E-state index contributed by atoms with van der Waals surface area (Å²) in [4.78, 5) is 16.3. The van der Waals surface area contributed by atoms with Gasteiger partial charge >= 0.3 is 0 Å². The second-order valence-electron chi connectivity index (χ2n) is 5.63. The van der Waals surface area contributed by atoms with Crippen LogP contribution in [0.15, 0.2) is 63.6 Å². The number of benzene rings is 2. The topological polar surface area (TPSA) is 64.4 Å². The molecule has 3 aromatic rings. The first kappa shape index (κ1) is 18.2. The van der Waals surface area contributed by atoms with E-state index < -0.39 is 0 Å². The van der Waals surface area contributed by atoms with Crippen LogP contribution >= 0.6 is 15.9 Å². The van der Waals surface area contributed by atoms with Crippen molar-refractivity contribution < 1.29 is 13.9 Å². The molecule has 0 saturated carbocycles. The summed E-state index contributed by atoms with van der Waals surface area (Å²) in [6.07, 6.45) is 2.43. The molecular formula is C20H19BrN2O3. The number of aromatic nitrogens is 1. The van der Waals surface area contributed by atoms with E-state index in [1.54, 1.807) is 6.20 Å². The van der Waals surface area contributed by atoms with Gasteiger partial charge in [-0.2, -0.15) is 0 Å². The van der Waals surface area contributed by atoms with Gasteiger partial charge < -0.3 is 14.5 Å². The molecule has 0 aliphatic heterocycles. The first-order valence-electron chi connectivity index (χ1n) is 8.37. The molecule has 3 rings (SSSR count). The molecule has 0 aliphatic carbocycles. The van der Waals surface area contributed by atoms with Crippen LogP contribution in [0.4, 0.5) is 5.69 Å². The lowest BCUT2D eigenvalue weighted by Crippen LogP contribution is -2.12. The molecule has 26 heavy (non-hydrogen) atoms. The monoisotopic (exact) mass is 414 g/mol. The number of carbonyl (C=O) groups is 1. The largest absolute Gasteiger partial charge is 0.494 e. The summed E-state index contributed by atoms with van der Waals surface area (Å²) in [5, 5.41) is 2.85. The predicted octanol–water partition coefficient (Wildman–Crippen LogP) is 5.07. The van der Waals surface area contributed by atoms with Crippen molar-refractivity contribution in [3.63, 3.8) is 0 Å². The van der Waals surface area contributed by atoms with Gasteiger partial charge in [0, 0.05) is 28.6 Å². The zero-order valence-electron chi connectivity index (χ0n) is 14.4. The summed E-state index contributed by atoms with van der Waals surface area (Å²) in [6.45, 7) is 2.58. The normalized spacial score (nSPS) is 10.5. The molecule has 1 heterocycles. The lowest BCUT2D eigenvalue weighted by atomic mass is 10.2. The number of nitrogens with one attached hydrogen (secondary N) is 1. The van der Waals surface area contributed by atoms with Gasteiger partial charge in [0.2, 0.25) is 5.91 Å². The fourth-order valence-corrected chi connectivity index (χ4v) is 2.68. The quantitative estimate of drug-likeness (QED) is 0.585. The maximum absolute atomic E-state index is 12.0. The van der Waals surface area contributed by atoms with E-state index in [9.17, 15) is 4.79 Å². The summed E-state index contributed by atoms with van der Waals surface area (Å²) in [5.41, 5.74) is 1.69. The van der Waals surface area contributed by atoms with Gasteiger partial charge in [-0.3, -0.25) is 4.79 Å². The first-order valence-corrected chi connectivity index (χ1v) is 9.16. The molecule has 1 N–H and O–H groups in total. The minimum absolute atomic E-state index is 0.0758. The van der Waals surface area contributed by atoms with E-state index >= 15 is 0 Å². The van der Waals surface area contributed by atoms with Crippen LogP contribution in [0.5, 0.6) is 5.75 Å². The number of anilines is 1. The Labute approximate surface area is 160 Å². The van der Waals surface area contributed by atoms with E-state index in [4.69, 9.17) is 9.15 Å². The Balaban J connectivity index is 1.54.